The van der Waals surface area contributed by atoms with Crippen LogP contribution in [0.5, 0.6) is 5.75 Å². The molecule has 0 aliphatic carbocycles. The second kappa shape index (κ2) is 5.39. The Morgan fingerprint density at radius 3 is 2.58 bits per heavy atom. The number of phenols is 1. The van der Waals surface area contributed by atoms with Crippen LogP contribution in [0.25, 0.3) is 0 Å². The number of aromatic nitrogens is 1. The Morgan fingerprint density at radius 1 is 1.16 bits per heavy atom. The van der Waals surface area contributed by atoms with Crippen molar-refractivity contribution in [3.8, 4) is 5.75 Å². The number of hydrogen-bond donors (Lipinski definition) is 3. The van der Waals surface area contributed by atoms with Crippen molar-refractivity contribution >= 4 is 17.4 Å². The number of pyridine rings is 1. The molecule has 0 bridgehead atoms. The molecule has 3 N–H and O–H groups in total. The molecule has 1 aromatic heterocycles. The minimum Gasteiger partial charge on any atom is -0.508 e. The summed E-state index contributed by atoms with van der Waals surface area (Å²) in [6, 6.07) is 8.02. The number of aromatic hydroxyl groups is 1. The number of urea groups is 1. The molecule has 98 valence electrons. The lowest BCUT2D eigenvalue weighted by Gasteiger charge is -2.10. The molecular weight excluding hydrogens is 242 g/mol. The summed E-state index contributed by atoms with van der Waals surface area (Å²) in [6.07, 6.45) is 1.60. The number of benzene rings is 1. The topological polar surface area (TPSA) is 74.2 Å². The summed E-state index contributed by atoms with van der Waals surface area (Å²) in [4.78, 5) is 15.9. The van der Waals surface area contributed by atoms with Gasteiger partial charge < -0.3 is 15.7 Å². The van der Waals surface area contributed by atoms with Crippen molar-refractivity contribution in [3.63, 3.8) is 0 Å². The zero-order chi connectivity index (χ0) is 13.8. The summed E-state index contributed by atoms with van der Waals surface area (Å²) in [5, 5.41) is 14.7. The second-order valence-electron chi connectivity index (χ2n) is 4.27. The molecule has 0 aliphatic heterocycles. The number of hydrogen-bond acceptors (Lipinski definition) is 3. The quantitative estimate of drug-likeness (QED) is 0.724. The van der Waals surface area contributed by atoms with E-state index in [9.17, 15) is 9.90 Å². The van der Waals surface area contributed by atoms with Crippen LogP contribution in [0.4, 0.5) is 16.2 Å². The Kier molecular flexibility index (Phi) is 3.66. The lowest BCUT2D eigenvalue weighted by Crippen LogP contribution is -2.20. The minimum absolute atomic E-state index is 0.172. The number of aryl methyl sites for hydroxylation is 2. The zero-order valence-corrected chi connectivity index (χ0v) is 10.8. The van der Waals surface area contributed by atoms with Gasteiger partial charge in [0.15, 0.2) is 0 Å². The molecule has 2 aromatic rings. The number of nitrogens with zero attached hydrogens (tertiary/aromatic N) is 1. The summed E-state index contributed by atoms with van der Waals surface area (Å²) in [6.45, 7) is 3.69. The Balaban J connectivity index is 2.03. The fourth-order valence-corrected chi connectivity index (χ4v) is 1.61. The van der Waals surface area contributed by atoms with E-state index in [4.69, 9.17) is 0 Å². The van der Waals surface area contributed by atoms with Gasteiger partial charge in [0.25, 0.3) is 0 Å². The number of phenolic OH excluding ortho intramolecular Hbond substituents is 1. The third-order valence-corrected chi connectivity index (χ3v) is 2.63. The normalized spacial score (nSPS) is 10.0. The summed E-state index contributed by atoms with van der Waals surface area (Å²) in [5.41, 5.74) is 2.95. The van der Waals surface area contributed by atoms with Gasteiger partial charge in [0.2, 0.25) is 0 Å². The maximum Gasteiger partial charge on any atom is 0.323 e. The molecule has 0 aliphatic rings. The molecule has 2 rings (SSSR count). The first-order valence-electron chi connectivity index (χ1n) is 5.85. The lowest BCUT2D eigenvalue weighted by atomic mass is 10.2. The third-order valence-electron chi connectivity index (χ3n) is 2.63. The van der Waals surface area contributed by atoms with Crippen LogP contribution >= 0.6 is 0 Å². The third kappa shape index (κ3) is 3.45. The van der Waals surface area contributed by atoms with Crippen molar-refractivity contribution in [2.45, 2.75) is 13.8 Å². The first kappa shape index (κ1) is 12.9. The van der Waals surface area contributed by atoms with E-state index in [-0.39, 0.29) is 11.8 Å². The Hall–Kier alpha value is -2.56. The van der Waals surface area contributed by atoms with Crippen LogP contribution in [0.2, 0.25) is 0 Å². The highest BCUT2D eigenvalue weighted by molar-refractivity contribution is 6.00. The van der Waals surface area contributed by atoms with Gasteiger partial charge in [0, 0.05) is 11.4 Å². The van der Waals surface area contributed by atoms with Gasteiger partial charge in [-0.25, -0.2) is 4.79 Å². The van der Waals surface area contributed by atoms with E-state index in [1.807, 2.05) is 19.9 Å². The van der Waals surface area contributed by atoms with Gasteiger partial charge in [-0.1, -0.05) is 0 Å². The molecular formula is C14H15N3O2. The van der Waals surface area contributed by atoms with Crippen LogP contribution < -0.4 is 10.6 Å². The maximum absolute atomic E-state index is 11.8. The van der Waals surface area contributed by atoms with Gasteiger partial charge in [-0.15, -0.1) is 0 Å². The first-order valence-corrected chi connectivity index (χ1v) is 5.85. The average Bonchev–Trinajstić information content (AvgIpc) is 2.36. The molecule has 2 amide bonds. The smallest absolute Gasteiger partial charge is 0.323 e. The van der Waals surface area contributed by atoms with E-state index in [1.165, 1.54) is 6.07 Å². The number of nitrogens with one attached hydrogen (secondary N) is 2. The number of rotatable bonds is 2. The number of amides is 2. The molecule has 5 heteroatoms. The molecule has 1 aromatic carbocycles. The van der Waals surface area contributed by atoms with Crippen LogP contribution in [0, 0.1) is 13.8 Å². The van der Waals surface area contributed by atoms with Crippen molar-refractivity contribution in [2.24, 2.45) is 0 Å². The van der Waals surface area contributed by atoms with Crippen LogP contribution in [-0.2, 0) is 0 Å². The van der Waals surface area contributed by atoms with E-state index < -0.39 is 0 Å². The molecule has 1 heterocycles. The Bertz CT molecular complexity index is 594. The Morgan fingerprint density at radius 2 is 1.95 bits per heavy atom. The second-order valence-corrected chi connectivity index (χ2v) is 4.27. The van der Waals surface area contributed by atoms with Gasteiger partial charge in [0.05, 0.1) is 11.9 Å². The molecule has 0 atom stereocenters. The van der Waals surface area contributed by atoms with Crippen LogP contribution in [0.15, 0.2) is 36.5 Å². The van der Waals surface area contributed by atoms with E-state index >= 15 is 0 Å². The molecule has 0 spiro atoms. The molecule has 0 saturated carbocycles. The van der Waals surface area contributed by atoms with E-state index in [0.29, 0.717) is 11.4 Å². The summed E-state index contributed by atoms with van der Waals surface area (Å²) in [7, 11) is 0. The molecule has 0 radical (unpaired) electrons. The van der Waals surface area contributed by atoms with Gasteiger partial charge in [0.1, 0.15) is 5.75 Å². The summed E-state index contributed by atoms with van der Waals surface area (Å²) < 4.78 is 0. The van der Waals surface area contributed by atoms with Crippen molar-refractivity contribution in [3.05, 3.63) is 47.8 Å². The largest absolute Gasteiger partial charge is 0.508 e. The van der Waals surface area contributed by atoms with Gasteiger partial charge in [-0.2, -0.15) is 0 Å². The number of anilines is 2. The van der Waals surface area contributed by atoms with E-state index in [1.54, 1.807) is 24.4 Å². The average molecular weight is 257 g/mol. The van der Waals surface area contributed by atoms with Crippen molar-refractivity contribution < 1.29 is 9.90 Å². The Labute approximate surface area is 111 Å². The fraction of sp³-hybridized carbons (Fsp3) is 0.143. The van der Waals surface area contributed by atoms with Crippen molar-refractivity contribution in [2.75, 3.05) is 10.6 Å². The highest BCUT2D eigenvalue weighted by Gasteiger charge is 2.05. The zero-order valence-electron chi connectivity index (χ0n) is 10.8. The summed E-state index contributed by atoms with van der Waals surface area (Å²) >= 11 is 0. The van der Waals surface area contributed by atoms with E-state index in [0.717, 1.165) is 11.3 Å². The first-order chi connectivity index (χ1) is 9.04. The molecule has 0 unspecified atom stereocenters. The molecule has 0 fully saturated rings. The molecule has 5 nitrogen and oxygen atoms in total. The van der Waals surface area contributed by atoms with Gasteiger partial charge >= 0.3 is 6.03 Å². The highest BCUT2D eigenvalue weighted by atomic mass is 16.3. The molecule has 0 saturated heterocycles. The van der Waals surface area contributed by atoms with Gasteiger partial charge in [-0.05, 0) is 49.7 Å². The predicted molar refractivity (Wildman–Crippen MR) is 74.5 cm³/mol. The molecule has 19 heavy (non-hydrogen) atoms. The van der Waals surface area contributed by atoms with Crippen LogP contribution in [-0.4, -0.2) is 16.1 Å². The van der Waals surface area contributed by atoms with Gasteiger partial charge in [-0.3, -0.25) is 4.98 Å². The number of carbonyl (C=O) groups excluding carboxylic acids is 1. The standard InChI is InChI=1S/C14H15N3O2/c1-9-7-12(18)5-6-13(9)17-14(19)16-11-4-3-10(2)15-8-11/h3-8,18H,1-2H3,(H2,16,17,19). The van der Waals surface area contributed by atoms with Crippen molar-refractivity contribution in [1.82, 2.24) is 4.98 Å². The lowest BCUT2D eigenvalue weighted by molar-refractivity contribution is 0.262. The fourth-order valence-electron chi connectivity index (χ4n) is 1.61. The number of carbonyl (C=O) groups is 1. The maximum atomic E-state index is 11.8. The summed E-state index contributed by atoms with van der Waals surface area (Å²) in [5.74, 6) is 0.172. The van der Waals surface area contributed by atoms with Crippen LogP contribution in [0.3, 0.4) is 0 Å². The highest BCUT2D eigenvalue weighted by Crippen LogP contribution is 2.20. The SMILES string of the molecule is Cc1ccc(NC(=O)Nc2ccc(O)cc2C)cn1. The monoisotopic (exact) mass is 257 g/mol. The van der Waals surface area contributed by atoms with E-state index in [2.05, 4.69) is 15.6 Å². The van der Waals surface area contributed by atoms with Crippen LogP contribution in [0.1, 0.15) is 11.3 Å². The predicted octanol–water partition coefficient (Wildman–Crippen LogP) is 3.05. The minimum atomic E-state index is -0.348. The van der Waals surface area contributed by atoms with Crippen molar-refractivity contribution in [1.29, 1.82) is 0 Å².